The van der Waals surface area contributed by atoms with E-state index in [-0.39, 0.29) is 11.5 Å². The van der Waals surface area contributed by atoms with Crippen LogP contribution in [0.15, 0.2) is 12.7 Å². The van der Waals surface area contributed by atoms with E-state index < -0.39 is 5.60 Å². The van der Waals surface area contributed by atoms with Crippen LogP contribution in [-0.2, 0) is 0 Å². The van der Waals surface area contributed by atoms with Crippen LogP contribution in [-0.4, -0.2) is 21.9 Å². The Labute approximate surface area is 93.0 Å². The van der Waals surface area contributed by atoms with Crippen LogP contribution in [0, 0.1) is 11.3 Å². The lowest BCUT2D eigenvalue weighted by atomic mass is 9.66. The SMILES string of the molecule is C=CC[C@]1(O)CC[C@@H](C(C)(C)C)[C@H](O)C1. The molecular weight excluding hydrogens is 188 g/mol. The fourth-order valence-electron chi connectivity index (χ4n) is 2.71. The van der Waals surface area contributed by atoms with Gasteiger partial charge >= 0.3 is 0 Å². The van der Waals surface area contributed by atoms with Crippen molar-refractivity contribution >= 4 is 0 Å². The highest BCUT2D eigenvalue weighted by atomic mass is 16.3. The second-order valence-electron chi connectivity index (χ2n) is 6.00. The lowest BCUT2D eigenvalue weighted by molar-refractivity contribution is -0.0910. The summed E-state index contributed by atoms with van der Waals surface area (Å²) in [5.41, 5.74) is -0.599. The molecule has 15 heavy (non-hydrogen) atoms. The van der Waals surface area contributed by atoms with Gasteiger partial charge in [0.25, 0.3) is 0 Å². The van der Waals surface area contributed by atoms with Gasteiger partial charge in [0.2, 0.25) is 0 Å². The van der Waals surface area contributed by atoms with Gasteiger partial charge in [0.1, 0.15) is 0 Å². The zero-order valence-electron chi connectivity index (χ0n) is 10.2. The van der Waals surface area contributed by atoms with Crippen molar-refractivity contribution in [2.24, 2.45) is 11.3 Å². The first-order valence-electron chi connectivity index (χ1n) is 5.80. The molecule has 0 aliphatic heterocycles. The molecule has 1 fully saturated rings. The van der Waals surface area contributed by atoms with Crippen LogP contribution in [0.2, 0.25) is 0 Å². The van der Waals surface area contributed by atoms with Crippen LogP contribution in [0.4, 0.5) is 0 Å². The molecule has 0 radical (unpaired) electrons. The maximum absolute atomic E-state index is 10.2. The van der Waals surface area contributed by atoms with Crippen LogP contribution in [0.5, 0.6) is 0 Å². The van der Waals surface area contributed by atoms with Crippen molar-refractivity contribution in [2.75, 3.05) is 0 Å². The van der Waals surface area contributed by atoms with Crippen molar-refractivity contribution in [2.45, 2.75) is 58.2 Å². The minimum absolute atomic E-state index is 0.120. The van der Waals surface area contributed by atoms with Crippen molar-refractivity contribution < 1.29 is 10.2 Å². The van der Waals surface area contributed by atoms with Crippen molar-refractivity contribution in [3.63, 3.8) is 0 Å². The minimum atomic E-state index is -0.719. The molecule has 0 aromatic rings. The molecule has 0 aromatic carbocycles. The molecule has 0 bridgehead atoms. The maximum Gasteiger partial charge on any atom is 0.0706 e. The number of aliphatic hydroxyl groups is 2. The van der Waals surface area contributed by atoms with E-state index in [9.17, 15) is 10.2 Å². The summed E-state index contributed by atoms with van der Waals surface area (Å²) in [6.07, 6.45) is 4.10. The third kappa shape index (κ3) is 3.05. The second kappa shape index (κ2) is 4.26. The normalized spacial score (nSPS) is 37.7. The average molecular weight is 212 g/mol. The van der Waals surface area contributed by atoms with Gasteiger partial charge in [0.05, 0.1) is 11.7 Å². The van der Waals surface area contributed by atoms with Gasteiger partial charge in [-0.05, 0) is 30.6 Å². The molecule has 0 aromatic heterocycles. The molecule has 0 heterocycles. The Kier molecular flexibility index (Phi) is 3.62. The molecule has 2 N–H and O–H groups in total. The Bertz CT molecular complexity index is 229. The predicted octanol–water partition coefficient (Wildman–Crippen LogP) is 2.50. The van der Waals surface area contributed by atoms with Crippen LogP contribution in [0.3, 0.4) is 0 Å². The summed E-state index contributed by atoms with van der Waals surface area (Å²) in [6.45, 7) is 10.1. The molecule has 0 saturated heterocycles. The molecule has 1 aliphatic rings. The van der Waals surface area contributed by atoms with E-state index in [1.54, 1.807) is 6.08 Å². The molecule has 0 spiro atoms. The van der Waals surface area contributed by atoms with Gasteiger partial charge in [-0.2, -0.15) is 0 Å². The molecule has 2 heteroatoms. The highest BCUT2D eigenvalue weighted by molar-refractivity contribution is 4.97. The minimum Gasteiger partial charge on any atom is -0.393 e. The lowest BCUT2D eigenvalue weighted by Crippen LogP contribution is -2.45. The lowest BCUT2D eigenvalue weighted by Gasteiger charge is -2.44. The summed E-state index contributed by atoms with van der Waals surface area (Å²) < 4.78 is 0. The molecule has 3 atom stereocenters. The fourth-order valence-corrected chi connectivity index (χ4v) is 2.71. The van der Waals surface area contributed by atoms with Gasteiger partial charge in [-0.25, -0.2) is 0 Å². The van der Waals surface area contributed by atoms with Crippen molar-refractivity contribution in [1.82, 2.24) is 0 Å². The van der Waals surface area contributed by atoms with E-state index in [4.69, 9.17) is 0 Å². The van der Waals surface area contributed by atoms with Crippen LogP contribution in [0.25, 0.3) is 0 Å². The fraction of sp³-hybridized carbons (Fsp3) is 0.846. The number of aliphatic hydroxyl groups excluding tert-OH is 1. The topological polar surface area (TPSA) is 40.5 Å². The van der Waals surface area contributed by atoms with Gasteiger partial charge in [0, 0.05) is 6.42 Å². The van der Waals surface area contributed by atoms with Gasteiger partial charge in [0.15, 0.2) is 0 Å². The number of rotatable bonds is 2. The molecule has 88 valence electrons. The summed E-state index contributed by atoms with van der Waals surface area (Å²) in [4.78, 5) is 0. The van der Waals surface area contributed by atoms with Gasteiger partial charge < -0.3 is 10.2 Å². The van der Waals surface area contributed by atoms with E-state index in [1.165, 1.54) is 0 Å². The summed E-state index contributed by atoms with van der Waals surface area (Å²) in [7, 11) is 0. The zero-order valence-corrected chi connectivity index (χ0v) is 10.2. The van der Waals surface area contributed by atoms with Crippen molar-refractivity contribution in [3.8, 4) is 0 Å². The Morgan fingerprint density at radius 3 is 2.47 bits per heavy atom. The predicted molar refractivity (Wildman–Crippen MR) is 62.6 cm³/mol. The first-order valence-corrected chi connectivity index (χ1v) is 5.80. The third-order valence-electron chi connectivity index (χ3n) is 3.61. The average Bonchev–Trinajstić information content (AvgIpc) is 2.00. The highest BCUT2D eigenvalue weighted by Crippen LogP contribution is 2.42. The van der Waals surface area contributed by atoms with E-state index in [0.717, 1.165) is 12.8 Å². The number of hydrogen-bond donors (Lipinski definition) is 2. The van der Waals surface area contributed by atoms with Crippen LogP contribution in [0.1, 0.15) is 46.5 Å². The molecule has 2 nitrogen and oxygen atoms in total. The van der Waals surface area contributed by atoms with E-state index in [1.807, 2.05) is 0 Å². The molecule has 1 aliphatic carbocycles. The van der Waals surface area contributed by atoms with Crippen LogP contribution >= 0.6 is 0 Å². The second-order valence-corrected chi connectivity index (χ2v) is 6.00. The Morgan fingerprint density at radius 1 is 1.47 bits per heavy atom. The van der Waals surface area contributed by atoms with E-state index >= 15 is 0 Å². The van der Waals surface area contributed by atoms with E-state index in [0.29, 0.717) is 18.8 Å². The maximum atomic E-state index is 10.2. The summed E-state index contributed by atoms with van der Waals surface area (Å²) >= 11 is 0. The third-order valence-corrected chi connectivity index (χ3v) is 3.61. The van der Waals surface area contributed by atoms with E-state index in [2.05, 4.69) is 27.4 Å². The standard InChI is InChI=1S/C13H24O2/c1-5-7-13(15)8-6-10(11(14)9-13)12(2,3)4/h5,10-11,14-15H,1,6-9H2,2-4H3/t10-,11-,13+/m1/s1. The molecule has 1 saturated carbocycles. The molecule has 0 unspecified atom stereocenters. The first-order chi connectivity index (χ1) is 6.78. The van der Waals surface area contributed by atoms with Gasteiger partial charge in [-0.1, -0.05) is 26.8 Å². The zero-order chi connectivity index (χ0) is 11.7. The molecule has 0 amide bonds. The quantitative estimate of drug-likeness (QED) is 0.690. The smallest absolute Gasteiger partial charge is 0.0706 e. The Morgan fingerprint density at radius 2 is 2.07 bits per heavy atom. The number of hydrogen-bond acceptors (Lipinski definition) is 2. The summed E-state index contributed by atoms with van der Waals surface area (Å²) in [5.74, 6) is 0.294. The van der Waals surface area contributed by atoms with Crippen molar-refractivity contribution in [3.05, 3.63) is 12.7 Å². The largest absolute Gasteiger partial charge is 0.393 e. The Balaban J connectivity index is 2.66. The summed E-state index contributed by atoms with van der Waals surface area (Å²) in [6, 6.07) is 0. The molecule has 1 rings (SSSR count). The highest BCUT2D eigenvalue weighted by Gasteiger charge is 2.42. The van der Waals surface area contributed by atoms with Gasteiger partial charge in [-0.3, -0.25) is 0 Å². The van der Waals surface area contributed by atoms with Crippen molar-refractivity contribution in [1.29, 1.82) is 0 Å². The Hall–Kier alpha value is -0.340. The first kappa shape index (κ1) is 12.7. The van der Waals surface area contributed by atoms with Crippen LogP contribution < -0.4 is 0 Å². The molecular formula is C13H24O2. The van der Waals surface area contributed by atoms with Gasteiger partial charge in [-0.15, -0.1) is 6.58 Å². The monoisotopic (exact) mass is 212 g/mol. The summed E-state index contributed by atoms with van der Waals surface area (Å²) in [5, 5.41) is 20.3.